The topological polar surface area (TPSA) is 72.2 Å². The van der Waals surface area contributed by atoms with Crippen molar-refractivity contribution in [3.05, 3.63) is 22.2 Å². The predicted molar refractivity (Wildman–Crippen MR) is 74.1 cm³/mol. The molecule has 1 rings (SSSR count). The molecule has 1 aromatic carbocycles. The summed E-state index contributed by atoms with van der Waals surface area (Å²) in [6, 6.07) is 2.61. The highest BCUT2D eigenvalue weighted by Gasteiger charge is 2.28. The summed E-state index contributed by atoms with van der Waals surface area (Å²) >= 11 is 11.6. The molecule has 0 saturated heterocycles. The summed E-state index contributed by atoms with van der Waals surface area (Å²) in [4.78, 5) is -0.225. The molecular formula is C11H12Cl2N2O2S. The van der Waals surface area contributed by atoms with Gasteiger partial charge >= 0.3 is 0 Å². The number of hydrogen-bond donors (Lipinski definition) is 2. The van der Waals surface area contributed by atoms with E-state index in [-0.39, 0.29) is 20.6 Å². The summed E-state index contributed by atoms with van der Waals surface area (Å²) in [6.07, 6.45) is 5.23. The van der Waals surface area contributed by atoms with Crippen LogP contribution in [0.5, 0.6) is 0 Å². The monoisotopic (exact) mass is 306 g/mol. The van der Waals surface area contributed by atoms with Crippen molar-refractivity contribution in [1.82, 2.24) is 4.72 Å². The molecule has 4 nitrogen and oxygen atoms in total. The first-order chi connectivity index (χ1) is 8.09. The fourth-order valence-corrected chi connectivity index (χ4v) is 3.61. The zero-order chi connectivity index (χ0) is 14.1. The normalized spacial score (nSPS) is 12.2. The van der Waals surface area contributed by atoms with Crippen LogP contribution < -0.4 is 10.5 Å². The van der Waals surface area contributed by atoms with Gasteiger partial charge in [0.25, 0.3) is 0 Å². The van der Waals surface area contributed by atoms with Crippen LogP contribution in [0, 0.1) is 12.3 Å². The van der Waals surface area contributed by atoms with Crippen LogP contribution in [0.1, 0.15) is 13.8 Å². The summed E-state index contributed by atoms with van der Waals surface area (Å²) in [5.41, 5.74) is 4.55. The van der Waals surface area contributed by atoms with Gasteiger partial charge in [-0.05, 0) is 26.0 Å². The molecule has 1 aromatic rings. The third-order valence-corrected chi connectivity index (χ3v) is 4.46. The molecule has 0 aromatic heterocycles. The highest BCUT2D eigenvalue weighted by atomic mass is 35.5. The second kappa shape index (κ2) is 4.98. The zero-order valence-electron chi connectivity index (χ0n) is 9.79. The minimum atomic E-state index is -3.92. The third kappa shape index (κ3) is 3.30. The Balaban J connectivity index is 3.36. The van der Waals surface area contributed by atoms with Gasteiger partial charge in [-0.1, -0.05) is 29.1 Å². The number of anilines is 1. The maximum absolute atomic E-state index is 12.1. The maximum atomic E-state index is 12.1. The van der Waals surface area contributed by atoms with Gasteiger partial charge in [-0.2, -0.15) is 4.72 Å². The van der Waals surface area contributed by atoms with Crippen molar-refractivity contribution in [1.29, 1.82) is 0 Å². The Bertz CT molecular complexity index is 595. The van der Waals surface area contributed by atoms with Gasteiger partial charge in [0, 0.05) is 5.02 Å². The maximum Gasteiger partial charge on any atom is 0.245 e. The highest BCUT2D eigenvalue weighted by molar-refractivity contribution is 7.89. The van der Waals surface area contributed by atoms with Crippen molar-refractivity contribution in [2.75, 3.05) is 5.73 Å². The number of rotatable bonds is 3. The summed E-state index contributed by atoms with van der Waals surface area (Å²) in [7, 11) is -3.92. The minimum Gasteiger partial charge on any atom is -0.398 e. The molecule has 0 bridgehead atoms. The first-order valence-corrected chi connectivity index (χ1v) is 7.09. The van der Waals surface area contributed by atoms with E-state index >= 15 is 0 Å². The van der Waals surface area contributed by atoms with Crippen molar-refractivity contribution in [3.63, 3.8) is 0 Å². The van der Waals surface area contributed by atoms with Crippen molar-refractivity contribution in [3.8, 4) is 12.3 Å². The van der Waals surface area contributed by atoms with Crippen molar-refractivity contribution in [2.45, 2.75) is 24.3 Å². The number of nitrogen functional groups attached to an aromatic ring is 1. The lowest BCUT2D eigenvalue weighted by molar-refractivity contribution is 0.539. The Labute approximate surface area is 117 Å². The number of benzene rings is 1. The summed E-state index contributed by atoms with van der Waals surface area (Å²) < 4.78 is 26.6. The number of hydrogen-bond acceptors (Lipinski definition) is 3. The van der Waals surface area contributed by atoms with E-state index in [2.05, 4.69) is 10.6 Å². The van der Waals surface area contributed by atoms with Crippen molar-refractivity contribution >= 4 is 38.9 Å². The van der Waals surface area contributed by atoms with Crippen LogP contribution in [-0.4, -0.2) is 14.0 Å². The molecule has 0 aliphatic heterocycles. The second-order valence-electron chi connectivity index (χ2n) is 4.18. The second-order valence-corrected chi connectivity index (χ2v) is 6.64. The summed E-state index contributed by atoms with van der Waals surface area (Å²) in [5, 5.41) is 0.202. The lowest BCUT2D eigenvalue weighted by Gasteiger charge is -2.20. The van der Waals surface area contributed by atoms with Crippen LogP contribution in [0.3, 0.4) is 0 Å². The molecule has 98 valence electrons. The molecule has 3 N–H and O–H groups in total. The Morgan fingerprint density at radius 1 is 1.39 bits per heavy atom. The van der Waals surface area contributed by atoms with Crippen molar-refractivity contribution in [2.24, 2.45) is 0 Å². The van der Waals surface area contributed by atoms with Crippen molar-refractivity contribution < 1.29 is 8.42 Å². The molecule has 0 radical (unpaired) electrons. The number of nitrogens with one attached hydrogen (secondary N) is 1. The first-order valence-electron chi connectivity index (χ1n) is 4.85. The molecule has 0 amide bonds. The van der Waals surface area contributed by atoms with Gasteiger partial charge in [0.15, 0.2) is 0 Å². The molecule has 0 spiro atoms. The third-order valence-electron chi connectivity index (χ3n) is 2.06. The van der Waals surface area contributed by atoms with Crippen LogP contribution in [-0.2, 0) is 10.0 Å². The van der Waals surface area contributed by atoms with Crippen LogP contribution in [0.4, 0.5) is 5.69 Å². The van der Waals surface area contributed by atoms with Crippen LogP contribution in [0.2, 0.25) is 10.0 Å². The van der Waals surface area contributed by atoms with Crippen LogP contribution in [0.15, 0.2) is 17.0 Å². The standard InChI is InChI=1S/C11H12Cl2N2O2S/c1-4-11(2,3)15-18(16,17)10-8(13)5-7(12)6-9(10)14/h1,5-6,15H,14H2,2-3H3. The Morgan fingerprint density at radius 3 is 2.39 bits per heavy atom. The van der Waals surface area contributed by atoms with Gasteiger partial charge in [-0.15, -0.1) is 6.42 Å². The fraction of sp³-hybridized carbons (Fsp3) is 0.273. The van der Waals surface area contributed by atoms with Gasteiger partial charge < -0.3 is 5.73 Å². The number of sulfonamides is 1. The van der Waals surface area contributed by atoms with E-state index in [0.717, 1.165) is 0 Å². The minimum absolute atomic E-state index is 0.0344. The van der Waals surface area contributed by atoms with Gasteiger partial charge in [0.1, 0.15) is 4.90 Å². The average molecular weight is 307 g/mol. The largest absolute Gasteiger partial charge is 0.398 e. The van der Waals surface area contributed by atoms with E-state index in [0.29, 0.717) is 0 Å². The summed E-state index contributed by atoms with van der Waals surface area (Å²) in [5.74, 6) is 2.32. The van der Waals surface area contributed by atoms with E-state index < -0.39 is 15.6 Å². The molecule has 0 aliphatic rings. The van der Waals surface area contributed by atoms with E-state index in [4.69, 9.17) is 35.4 Å². The fourth-order valence-electron chi connectivity index (χ4n) is 1.28. The lowest BCUT2D eigenvalue weighted by Crippen LogP contribution is -2.42. The van der Waals surface area contributed by atoms with E-state index in [1.807, 2.05) is 0 Å². The quantitative estimate of drug-likeness (QED) is 0.664. The molecule has 0 unspecified atom stereocenters. The zero-order valence-corrected chi connectivity index (χ0v) is 12.1. The van der Waals surface area contributed by atoms with Gasteiger partial charge in [0.2, 0.25) is 10.0 Å². The molecule has 0 atom stereocenters. The van der Waals surface area contributed by atoms with Gasteiger partial charge in [0.05, 0.1) is 16.2 Å². The molecule has 0 heterocycles. The van der Waals surface area contributed by atoms with Crippen LogP contribution >= 0.6 is 23.2 Å². The Kier molecular flexibility index (Phi) is 4.19. The molecule has 7 heteroatoms. The molecule has 0 aliphatic carbocycles. The Hall–Kier alpha value is -0.930. The number of halogens is 2. The average Bonchev–Trinajstić information content (AvgIpc) is 2.13. The predicted octanol–water partition coefficient (Wildman–Crippen LogP) is 2.27. The van der Waals surface area contributed by atoms with E-state index in [1.165, 1.54) is 12.1 Å². The van der Waals surface area contributed by atoms with E-state index in [1.54, 1.807) is 13.8 Å². The molecule has 18 heavy (non-hydrogen) atoms. The number of nitrogens with two attached hydrogens (primary N) is 1. The van der Waals surface area contributed by atoms with Gasteiger partial charge in [-0.25, -0.2) is 8.42 Å². The lowest BCUT2D eigenvalue weighted by atomic mass is 10.1. The SMILES string of the molecule is C#CC(C)(C)NS(=O)(=O)c1c(N)cc(Cl)cc1Cl. The summed E-state index contributed by atoms with van der Waals surface area (Å²) in [6.45, 7) is 3.09. The first kappa shape index (κ1) is 15.1. The smallest absolute Gasteiger partial charge is 0.245 e. The molecule has 0 fully saturated rings. The Morgan fingerprint density at radius 2 is 1.94 bits per heavy atom. The number of terminal acetylenes is 1. The van der Waals surface area contributed by atoms with Gasteiger partial charge in [-0.3, -0.25) is 0 Å². The van der Waals surface area contributed by atoms with Crippen LogP contribution in [0.25, 0.3) is 0 Å². The molecule has 0 saturated carbocycles. The highest BCUT2D eigenvalue weighted by Crippen LogP contribution is 2.31. The van der Waals surface area contributed by atoms with E-state index in [9.17, 15) is 8.42 Å². The molecular weight excluding hydrogens is 295 g/mol.